The largest absolute Gasteiger partial charge is 0.396 e. The van der Waals surface area contributed by atoms with Gasteiger partial charge in [0.05, 0.1) is 0 Å². The molecule has 2 saturated heterocycles. The number of aliphatic hydroxyl groups excluding tert-OH is 1. The van der Waals surface area contributed by atoms with Gasteiger partial charge in [-0.05, 0) is 38.0 Å². The van der Waals surface area contributed by atoms with Crippen LogP contribution >= 0.6 is 0 Å². The lowest BCUT2D eigenvalue weighted by atomic mass is 9.84. The van der Waals surface area contributed by atoms with Gasteiger partial charge in [-0.1, -0.05) is 20.3 Å². The highest BCUT2D eigenvalue weighted by Gasteiger charge is 2.35. The highest BCUT2D eigenvalue weighted by molar-refractivity contribution is 5.79. The summed E-state index contributed by atoms with van der Waals surface area (Å²) in [6.07, 6.45) is 6.57. The van der Waals surface area contributed by atoms with Crippen molar-refractivity contribution < 1.29 is 9.90 Å². The minimum atomic E-state index is 0.279. The van der Waals surface area contributed by atoms with Crippen molar-refractivity contribution in [1.82, 2.24) is 14.7 Å². The minimum Gasteiger partial charge on any atom is -0.396 e. The molecular weight excluding hydrogens is 314 g/mol. The molecule has 0 spiro atoms. The van der Waals surface area contributed by atoms with Crippen LogP contribution in [0.4, 0.5) is 0 Å². The van der Waals surface area contributed by atoms with Crippen LogP contribution in [0.15, 0.2) is 0 Å². The van der Waals surface area contributed by atoms with Gasteiger partial charge in [0.1, 0.15) is 0 Å². The molecule has 0 aromatic rings. The number of hydrogen-bond donors (Lipinski definition) is 1. The summed E-state index contributed by atoms with van der Waals surface area (Å²) in [7, 11) is 0. The molecule has 144 valence electrons. The molecule has 1 N–H and O–H groups in total. The normalized spacial score (nSPS) is 27.7. The summed E-state index contributed by atoms with van der Waals surface area (Å²) in [6, 6.07) is 1.10. The van der Waals surface area contributed by atoms with E-state index < -0.39 is 0 Å². The fourth-order valence-corrected chi connectivity index (χ4v) is 4.75. The van der Waals surface area contributed by atoms with Crippen LogP contribution in [0.1, 0.15) is 52.4 Å². The second-order valence-electron chi connectivity index (χ2n) is 8.73. The molecule has 0 radical (unpaired) electrons. The van der Waals surface area contributed by atoms with Crippen molar-refractivity contribution in [3.05, 3.63) is 0 Å². The Morgan fingerprint density at radius 1 is 1.08 bits per heavy atom. The second kappa shape index (κ2) is 8.83. The van der Waals surface area contributed by atoms with Gasteiger partial charge >= 0.3 is 0 Å². The Bertz CT molecular complexity index is 431. The number of nitrogens with zero attached hydrogens (tertiary/aromatic N) is 3. The van der Waals surface area contributed by atoms with Gasteiger partial charge in [-0.25, -0.2) is 0 Å². The molecule has 1 saturated carbocycles. The van der Waals surface area contributed by atoms with Crippen molar-refractivity contribution in [2.75, 3.05) is 45.9 Å². The van der Waals surface area contributed by atoms with Crippen LogP contribution in [0, 0.1) is 11.8 Å². The summed E-state index contributed by atoms with van der Waals surface area (Å²) in [5.74, 6) is 1.43. The molecule has 1 aliphatic carbocycles. The van der Waals surface area contributed by atoms with Crippen molar-refractivity contribution in [1.29, 1.82) is 0 Å². The SMILES string of the molecule is CC(C)CN1CCN(C2CCN(C(=O)C3CCC3)CC2)CC1CCO. The Labute approximate surface area is 153 Å². The van der Waals surface area contributed by atoms with Gasteiger partial charge < -0.3 is 10.0 Å². The van der Waals surface area contributed by atoms with E-state index in [2.05, 4.69) is 28.5 Å². The molecule has 3 aliphatic rings. The van der Waals surface area contributed by atoms with Gasteiger partial charge in [-0.2, -0.15) is 0 Å². The Balaban J connectivity index is 1.48. The summed E-state index contributed by atoms with van der Waals surface area (Å²) >= 11 is 0. The smallest absolute Gasteiger partial charge is 0.225 e. The maximum absolute atomic E-state index is 12.4. The maximum Gasteiger partial charge on any atom is 0.225 e. The molecule has 3 rings (SSSR count). The maximum atomic E-state index is 12.4. The quantitative estimate of drug-likeness (QED) is 0.793. The highest BCUT2D eigenvalue weighted by atomic mass is 16.3. The van der Waals surface area contributed by atoms with Crippen LogP contribution in [-0.2, 0) is 4.79 Å². The van der Waals surface area contributed by atoms with Gasteiger partial charge in [-0.15, -0.1) is 0 Å². The summed E-state index contributed by atoms with van der Waals surface area (Å²) in [5, 5.41) is 9.45. The number of hydrogen-bond acceptors (Lipinski definition) is 4. The molecule has 0 aromatic heterocycles. The number of carbonyl (C=O) groups excluding carboxylic acids is 1. The molecule has 1 unspecified atom stereocenters. The van der Waals surface area contributed by atoms with Crippen LogP contribution in [0.25, 0.3) is 0 Å². The van der Waals surface area contributed by atoms with E-state index in [1.165, 1.54) is 6.42 Å². The lowest BCUT2D eigenvalue weighted by molar-refractivity contribution is -0.140. The molecule has 1 amide bonds. The van der Waals surface area contributed by atoms with Gasteiger partial charge in [0, 0.05) is 63.9 Å². The van der Waals surface area contributed by atoms with Crippen LogP contribution in [0.5, 0.6) is 0 Å². The number of piperazine rings is 1. The highest BCUT2D eigenvalue weighted by Crippen LogP contribution is 2.30. The van der Waals surface area contributed by atoms with Gasteiger partial charge in [0.25, 0.3) is 0 Å². The van der Waals surface area contributed by atoms with E-state index >= 15 is 0 Å². The van der Waals surface area contributed by atoms with E-state index in [1.807, 2.05) is 0 Å². The molecule has 5 nitrogen and oxygen atoms in total. The number of rotatable bonds is 6. The number of amides is 1. The predicted octanol–water partition coefficient (Wildman–Crippen LogP) is 1.80. The Morgan fingerprint density at radius 2 is 1.80 bits per heavy atom. The minimum absolute atomic E-state index is 0.279. The lowest BCUT2D eigenvalue weighted by Gasteiger charge is -2.47. The topological polar surface area (TPSA) is 47.0 Å². The number of piperidine rings is 1. The van der Waals surface area contributed by atoms with E-state index in [-0.39, 0.29) is 6.61 Å². The van der Waals surface area contributed by atoms with Crippen molar-refractivity contribution in [2.24, 2.45) is 11.8 Å². The summed E-state index contributed by atoms with van der Waals surface area (Å²) in [4.78, 5) is 19.8. The van der Waals surface area contributed by atoms with E-state index in [1.54, 1.807) is 0 Å². The molecular formula is C20H37N3O2. The molecule has 0 bridgehead atoms. The second-order valence-corrected chi connectivity index (χ2v) is 8.73. The molecule has 3 fully saturated rings. The average Bonchev–Trinajstić information content (AvgIpc) is 2.55. The monoisotopic (exact) mass is 351 g/mol. The van der Waals surface area contributed by atoms with E-state index in [9.17, 15) is 9.90 Å². The molecule has 25 heavy (non-hydrogen) atoms. The molecule has 0 aromatic carbocycles. The fraction of sp³-hybridized carbons (Fsp3) is 0.950. The zero-order valence-electron chi connectivity index (χ0n) is 16.2. The molecule has 2 aliphatic heterocycles. The molecule has 1 atom stereocenters. The van der Waals surface area contributed by atoms with Crippen molar-refractivity contribution >= 4 is 5.91 Å². The van der Waals surface area contributed by atoms with Crippen molar-refractivity contribution in [3.8, 4) is 0 Å². The van der Waals surface area contributed by atoms with Gasteiger partial charge in [0.2, 0.25) is 5.91 Å². The Hall–Kier alpha value is -0.650. The van der Waals surface area contributed by atoms with Crippen molar-refractivity contribution in [2.45, 2.75) is 64.5 Å². The van der Waals surface area contributed by atoms with E-state index in [0.717, 1.165) is 71.4 Å². The summed E-state index contributed by atoms with van der Waals surface area (Å²) in [5.41, 5.74) is 0. The predicted molar refractivity (Wildman–Crippen MR) is 100 cm³/mol. The van der Waals surface area contributed by atoms with Crippen LogP contribution < -0.4 is 0 Å². The van der Waals surface area contributed by atoms with E-state index in [4.69, 9.17) is 0 Å². The number of likely N-dealkylation sites (tertiary alicyclic amines) is 1. The fourth-order valence-electron chi connectivity index (χ4n) is 4.75. The number of aliphatic hydroxyl groups is 1. The summed E-state index contributed by atoms with van der Waals surface area (Å²) < 4.78 is 0. The first-order chi connectivity index (χ1) is 12.1. The summed E-state index contributed by atoms with van der Waals surface area (Å²) in [6.45, 7) is 11.2. The standard InChI is InChI=1S/C20H37N3O2/c1-16(2)14-22-11-12-23(15-19(22)8-13-24)18-6-9-21(10-7-18)20(25)17-4-3-5-17/h16-19,24H,3-15H2,1-2H3. The van der Waals surface area contributed by atoms with Crippen molar-refractivity contribution in [3.63, 3.8) is 0 Å². The first-order valence-corrected chi connectivity index (χ1v) is 10.5. The van der Waals surface area contributed by atoms with Gasteiger partial charge in [-0.3, -0.25) is 14.6 Å². The van der Waals surface area contributed by atoms with E-state index in [0.29, 0.717) is 29.8 Å². The van der Waals surface area contributed by atoms with Gasteiger partial charge in [0.15, 0.2) is 0 Å². The lowest BCUT2D eigenvalue weighted by Crippen LogP contribution is -2.58. The average molecular weight is 352 g/mol. The third-order valence-corrected chi connectivity index (χ3v) is 6.45. The molecule has 2 heterocycles. The first-order valence-electron chi connectivity index (χ1n) is 10.5. The Morgan fingerprint density at radius 3 is 2.36 bits per heavy atom. The third-order valence-electron chi connectivity index (χ3n) is 6.45. The Kier molecular flexibility index (Phi) is 6.75. The van der Waals surface area contributed by atoms with Crippen LogP contribution in [0.2, 0.25) is 0 Å². The molecule has 5 heteroatoms. The first kappa shape index (κ1) is 19.1. The number of carbonyl (C=O) groups is 1. The van der Waals surface area contributed by atoms with Crippen LogP contribution in [0.3, 0.4) is 0 Å². The third kappa shape index (κ3) is 4.75. The zero-order chi connectivity index (χ0) is 17.8. The zero-order valence-corrected chi connectivity index (χ0v) is 16.2. The van der Waals surface area contributed by atoms with Crippen LogP contribution in [-0.4, -0.2) is 83.7 Å².